The summed E-state index contributed by atoms with van der Waals surface area (Å²) in [6.45, 7) is 8.60. The van der Waals surface area contributed by atoms with Gasteiger partial charge in [-0.25, -0.2) is 0 Å². The van der Waals surface area contributed by atoms with Crippen molar-refractivity contribution in [3.8, 4) is 22.3 Å². The van der Waals surface area contributed by atoms with Crippen molar-refractivity contribution in [2.75, 3.05) is 9.80 Å². The molecule has 0 amide bonds. The van der Waals surface area contributed by atoms with Crippen LogP contribution in [0.5, 0.6) is 0 Å². The Bertz CT molecular complexity index is 3090. The van der Waals surface area contributed by atoms with Crippen LogP contribution in [0.3, 0.4) is 0 Å². The highest BCUT2D eigenvalue weighted by Crippen LogP contribution is 2.65. The van der Waals surface area contributed by atoms with E-state index < -0.39 is 5.41 Å². The van der Waals surface area contributed by atoms with Crippen LogP contribution in [0.1, 0.15) is 44.5 Å². The fourth-order valence-electron chi connectivity index (χ4n) is 10.7. The lowest BCUT2D eigenvalue weighted by Crippen LogP contribution is -2.26. The molecule has 0 N–H and O–H groups in total. The SMILES string of the molecule is Cc1ccc(N(c2ccc(C)cc2)c2ccc3c4c(ccc3c2)-c2ccc3cc(N(c5ccc(C)cc5)c5ccc(C)cc5)ccc3c2C42c3ccccc3-c3ccccc32)cc1. The zero-order valence-electron chi connectivity index (χ0n) is 36.0. The van der Waals surface area contributed by atoms with Crippen LogP contribution in [0.15, 0.2) is 206 Å². The second kappa shape index (κ2) is 14.2. The standard InChI is InChI=1S/C61H46N2/c1-39-13-23-45(24-14-39)62(46-25-15-40(2)16-26-46)49-31-35-51-43(37-49)21-33-55-56-34-22-44-38-50(63(47-27-17-41(3)18-28-47)48-29-19-42(4)20-30-48)32-36-52(44)60(56)61(59(51)55)57-11-7-5-9-53(57)54-10-6-8-12-58(54)61/h5-38H,1-4H3. The van der Waals surface area contributed by atoms with Gasteiger partial charge in [-0.2, -0.15) is 0 Å². The van der Waals surface area contributed by atoms with Crippen LogP contribution in [0.2, 0.25) is 0 Å². The average Bonchev–Trinajstić information content (AvgIpc) is 3.79. The van der Waals surface area contributed by atoms with Gasteiger partial charge in [-0.3, -0.25) is 0 Å². The van der Waals surface area contributed by atoms with Crippen LogP contribution in [0, 0.1) is 27.7 Å². The summed E-state index contributed by atoms with van der Waals surface area (Å²) >= 11 is 0. The molecule has 0 unspecified atom stereocenters. The number of rotatable bonds is 6. The first-order chi connectivity index (χ1) is 30.9. The Morgan fingerprint density at radius 2 is 0.603 bits per heavy atom. The quantitative estimate of drug-likeness (QED) is 0.165. The summed E-state index contributed by atoms with van der Waals surface area (Å²) in [5, 5.41) is 5.01. The Morgan fingerprint density at radius 3 is 0.952 bits per heavy atom. The highest BCUT2D eigenvalue weighted by atomic mass is 15.1. The number of hydrogen-bond donors (Lipinski definition) is 0. The Kier molecular flexibility index (Phi) is 8.36. The lowest BCUT2D eigenvalue weighted by molar-refractivity contribution is 0.809. The summed E-state index contributed by atoms with van der Waals surface area (Å²) in [6.07, 6.45) is 0. The summed E-state index contributed by atoms with van der Waals surface area (Å²) < 4.78 is 0. The summed E-state index contributed by atoms with van der Waals surface area (Å²) in [7, 11) is 0. The Hall–Kier alpha value is -7.68. The summed E-state index contributed by atoms with van der Waals surface area (Å²) in [5.41, 5.74) is 22.0. The Labute approximate surface area is 370 Å². The maximum absolute atomic E-state index is 2.40. The van der Waals surface area contributed by atoms with Gasteiger partial charge in [-0.05, 0) is 167 Å². The minimum atomic E-state index is -0.527. The van der Waals surface area contributed by atoms with Gasteiger partial charge in [0.05, 0.1) is 5.41 Å². The molecule has 0 fully saturated rings. The first kappa shape index (κ1) is 37.1. The van der Waals surface area contributed by atoms with Gasteiger partial charge in [0.25, 0.3) is 0 Å². The smallest absolute Gasteiger partial charge is 0.0737 e. The largest absolute Gasteiger partial charge is 0.310 e. The molecule has 0 aliphatic heterocycles. The molecule has 0 radical (unpaired) electrons. The van der Waals surface area contributed by atoms with Crippen molar-refractivity contribution in [1.82, 2.24) is 0 Å². The Morgan fingerprint density at radius 1 is 0.286 bits per heavy atom. The minimum Gasteiger partial charge on any atom is -0.310 e. The van der Waals surface area contributed by atoms with E-state index >= 15 is 0 Å². The normalized spacial score (nSPS) is 12.9. The summed E-state index contributed by atoms with van der Waals surface area (Å²) in [5.74, 6) is 0. The van der Waals surface area contributed by atoms with E-state index in [0.29, 0.717) is 0 Å². The van der Waals surface area contributed by atoms with E-state index in [0.717, 1.165) is 34.1 Å². The zero-order chi connectivity index (χ0) is 42.4. The van der Waals surface area contributed by atoms with Gasteiger partial charge in [-0.1, -0.05) is 156 Å². The predicted octanol–water partition coefficient (Wildman–Crippen LogP) is 16.5. The molecule has 2 nitrogen and oxygen atoms in total. The van der Waals surface area contributed by atoms with E-state index in [9.17, 15) is 0 Å². The molecule has 10 aromatic carbocycles. The zero-order valence-corrected chi connectivity index (χ0v) is 36.0. The van der Waals surface area contributed by atoms with E-state index in [2.05, 4.69) is 244 Å². The number of aryl methyl sites for hydroxylation is 4. The van der Waals surface area contributed by atoms with Crippen LogP contribution in [0.4, 0.5) is 34.1 Å². The molecule has 0 saturated heterocycles. The van der Waals surface area contributed by atoms with Gasteiger partial charge in [-0.15, -0.1) is 0 Å². The third kappa shape index (κ3) is 5.64. The number of nitrogens with zero attached hydrogens (tertiary/aromatic N) is 2. The highest BCUT2D eigenvalue weighted by Gasteiger charge is 2.53. The monoisotopic (exact) mass is 806 g/mol. The van der Waals surface area contributed by atoms with E-state index in [1.165, 1.54) is 88.3 Å². The molecule has 0 saturated carbocycles. The molecule has 12 rings (SSSR count). The Balaban J connectivity index is 1.10. The maximum Gasteiger partial charge on any atom is 0.0737 e. The first-order valence-electron chi connectivity index (χ1n) is 22.1. The molecule has 0 atom stereocenters. The van der Waals surface area contributed by atoms with Gasteiger partial charge < -0.3 is 9.80 Å². The van der Waals surface area contributed by atoms with Crippen molar-refractivity contribution in [1.29, 1.82) is 0 Å². The van der Waals surface area contributed by atoms with Gasteiger partial charge >= 0.3 is 0 Å². The fourth-order valence-corrected chi connectivity index (χ4v) is 10.7. The minimum absolute atomic E-state index is 0.527. The van der Waals surface area contributed by atoms with Gasteiger partial charge in [0.15, 0.2) is 0 Å². The molecule has 0 aromatic heterocycles. The van der Waals surface area contributed by atoms with Crippen molar-refractivity contribution < 1.29 is 0 Å². The second-order valence-electron chi connectivity index (χ2n) is 17.6. The maximum atomic E-state index is 2.40. The van der Waals surface area contributed by atoms with Crippen LogP contribution >= 0.6 is 0 Å². The molecule has 1 spiro atoms. The molecular weight excluding hydrogens is 761 g/mol. The van der Waals surface area contributed by atoms with Crippen molar-refractivity contribution in [3.63, 3.8) is 0 Å². The number of benzene rings is 10. The van der Waals surface area contributed by atoms with Crippen molar-refractivity contribution in [2.24, 2.45) is 0 Å². The topological polar surface area (TPSA) is 6.48 Å². The number of fused-ring (bicyclic) bond motifs is 14. The lowest BCUT2D eigenvalue weighted by atomic mass is 9.68. The number of anilines is 6. The number of hydrogen-bond acceptors (Lipinski definition) is 2. The van der Waals surface area contributed by atoms with Gasteiger partial charge in [0, 0.05) is 34.1 Å². The van der Waals surface area contributed by atoms with Crippen LogP contribution in [0.25, 0.3) is 43.8 Å². The molecule has 2 heteroatoms. The van der Waals surface area contributed by atoms with Crippen LogP contribution in [-0.2, 0) is 5.41 Å². The van der Waals surface area contributed by atoms with E-state index in [1.54, 1.807) is 0 Å². The van der Waals surface area contributed by atoms with E-state index in [-0.39, 0.29) is 0 Å². The predicted molar refractivity (Wildman–Crippen MR) is 266 cm³/mol. The van der Waals surface area contributed by atoms with E-state index in [4.69, 9.17) is 0 Å². The second-order valence-corrected chi connectivity index (χ2v) is 17.6. The summed E-state index contributed by atoms with van der Waals surface area (Å²) in [4.78, 5) is 4.77. The lowest BCUT2D eigenvalue weighted by Gasteiger charge is -2.33. The fraction of sp³-hybridized carbons (Fsp3) is 0.0820. The molecule has 63 heavy (non-hydrogen) atoms. The van der Waals surface area contributed by atoms with Crippen LogP contribution in [-0.4, -0.2) is 0 Å². The third-order valence-electron chi connectivity index (χ3n) is 13.7. The van der Waals surface area contributed by atoms with E-state index in [1.807, 2.05) is 0 Å². The molecule has 2 aliphatic carbocycles. The van der Waals surface area contributed by atoms with Crippen molar-refractivity contribution >= 4 is 55.7 Å². The molecular formula is C61H46N2. The molecule has 300 valence electrons. The average molecular weight is 807 g/mol. The van der Waals surface area contributed by atoms with Crippen molar-refractivity contribution in [2.45, 2.75) is 33.1 Å². The van der Waals surface area contributed by atoms with Gasteiger partial charge in [0.1, 0.15) is 0 Å². The third-order valence-corrected chi connectivity index (χ3v) is 13.7. The van der Waals surface area contributed by atoms with Crippen LogP contribution < -0.4 is 9.80 Å². The summed E-state index contributed by atoms with van der Waals surface area (Å²) in [6, 6.07) is 77.6. The highest BCUT2D eigenvalue weighted by molar-refractivity contribution is 6.10. The molecule has 0 bridgehead atoms. The molecule has 10 aromatic rings. The van der Waals surface area contributed by atoms with Gasteiger partial charge in [0.2, 0.25) is 0 Å². The molecule has 2 aliphatic rings. The molecule has 0 heterocycles. The first-order valence-corrected chi connectivity index (χ1v) is 22.1. The van der Waals surface area contributed by atoms with Crippen molar-refractivity contribution in [3.05, 3.63) is 251 Å².